The van der Waals surface area contributed by atoms with Crippen LogP contribution in [0.1, 0.15) is 39.0 Å². The van der Waals surface area contributed by atoms with E-state index in [-0.39, 0.29) is 0 Å². The van der Waals surface area contributed by atoms with E-state index in [4.69, 9.17) is 10.9 Å². The zero-order chi connectivity index (χ0) is 11.3. The number of nitrogens with zero attached hydrogens (tertiary/aromatic N) is 2. The Morgan fingerprint density at radius 3 is 2.67 bits per heavy atom. The van der Waals surface area contributed by atoms with Gasteiger partial charge in [0.15, 0.2) is 0 Å². The number of hydrogen-bond donors (Lipinski definition) is 2. The fraction of sp³-hybridized carbons (Fsp3) is 0.909. The monoisotopic (exact) mass is 213 g/mol. The lowest BCUT2D eigenvalue weighted by atomic mass is 9.85. The molecule has 4 nitrogen and oxygen atoms in total. The summed E-state index contributed by atoms with van der Waals surface area (Å²) in [5, 5.41) is 11.6. The van der Waals surface area contributed by atoms with Crippen LogP contribution in [0, 0.1) is 5.92 Å². The predicted octanol–water partition coefficient (Wildman–Crippen LogP) is 1.63. The van der Waals surface area contributed by atoms with Crippen molar-refractivity contribution in [1.29, 1.82) is 0 Å². The van der Waals surface area contributed by atoms with Crippen LogP contribution in [0.25, 0.3) is 0 Å². The summed E-state index contributed by atoms with van der Waals surface area (Å²) in [7, 11) is 2.14. The summed E-state index contributed by atoms with van der Waals surface area (Å²) in [4.78, 5) is 2.35. The Bertz CT molecular complexity index is 214. The first-order chi connectivity index (χ1) is 7.17. The van der Waals surface area contributed by atoms with Crippen molar-refractivity contribution in [2.45, 2.75) is 45.1 Å². The van der Waals surface area contributed by atoms with E-state index in [1.54, 1.807) is 0 Å². The molecular weight excluding hydrogens is 190 g/mol. The van der Waals surface area contributed by atoms with Gasteiger partial charge in [0.05, 0.1) is 0 Å². The third-order valence-electron chi connectivity index (χ3n) is 3.44. The van der Waals surface area contributed by atoms with Gasteiger partial charge >= 0.3 is 0 Å². The third-order valence-corrected chi connectivity index (χ3v) is 3.44. The molecule has 1 rings (SSSR count). The molecular formula is C11H23N3O. The Morgan fingerprint density at radius 1 is 1.60 bits per heavy atom. The summed E-state index contributed by atoms with van der Waals surface area (Å²) in [5.41, 5.74) is 5.54. The maximum absolute atomic E-state index is 8.54. The summed E-state index contributed by atoms with van der Waals surface area (Å²) < 4.78 is 0. The van der Waals surface area contributed by atoms with Crippen molar-refractivity contribution in [1.82, 2.24) is 4.90 Å². The molecule has 1 unspecified atom stereocenters. The standard InChI is InChI=1S/C11H23N3O/c1-3-10(7-11(12)13-15)14(2)8-9-5-4-6-9/h9-10,15H,3-8H2,1-2H3,(H2,12,13). The fourth-order valence-corrected chi connectivity index (χ4v) is 2.13. The van der Waals surface area contributed by atoms with Crippen molar-refractivity contribution in [2.24, 2.45) is 16.8 Å². The zero-order valence-corrected chi connectivity index (χ0v) is 9.82. The van der Waals surface area contributed by atoms with Crippen molar-refractivity contribution in [3.63, 3.8) is 0 Å². The lowest BCUT2D eigenvalue weighted by Crippen LogP contribution is -2.39. The first-order valence-corrected chi connectivity index (χ1v) is 5.84. The molecule has 1 aliphatic carbocycles. The second-order valence-corrected chi connectivity index (χ2v) is 4.59. The molecule has 0 saturated heterocycles. The van der Waals surface area contributed by atoms with Crippen LogP contribution in [0.5, 0.6) is 0 Å². The first-order valence-electron chi connectivity index (χ1n) is 5.84. The second-order valence-electron chi connectivity index (χ2n) is 4.59. The molecule has 0 bridgehead atoms. The molecule has 15 heavy (non-hydrogen) atoms. The smallest absolute Gasteiger partial charge is 0.140 e. The van der Waals surface area contributed by atoms with E-state index in [0.29, 0.717) is 18.3 Å². The number of nitrogens with two attached hydrogens (primary N) is 1. The highest BCUT2D eigenvalue weighted by atomic mass is 16.4. The molecule has 1 saturated carbocycles. The zero-order valence-electron chi connectivity index (χ0n) is 9.82. The summed E-state index contributed by atoms with van der Waals surface area (Å²) in [6.07, 6.45) is 5.82. The molecule has 1 atom stereocenters. The van der Waals surface area contributed by atoms with Crippen LogP contribution in [0.2, 0.25) is 0 Å². The second kappa shape index (κ2) is 5.95. The van der Waals surface area contributed by atoms with Crippen LogP contribution in [-0.2, 0) is 0 Å². The van der Waals surface area contributed by atoms with Gasteiger partial charge in [0.25, 0.3) is 0 Å². The lowest BCUT2D eigenvalue weighted by molar-refractivity contribution is 0.160. The van der Waals surface area contributed by atoms with Crippen molar-refractivity contribution in [3.8, 4) is 0 Å². The highest BCUT2D eigenvalue weighted by Gasteiger charge is 2.22. The molecule has 0 aliphatic heterocycles. The Balaban J connectivity index is 2.34. The van der Waals surface area contributed by atoms with Crippen molar-refractivity contribution in [3.05, 3.63) is 0 Å². The molecule has 1 fully saturated rings. The van der Waals surface area contributed by atoms with Gasteiger partial charge in [0.2, 0.25) is 0 Å². The quantitative estimate of drug-likeness (QED) is 0.305. The van der Waals surface area contributed by atoms with Crippen molar-refractivity contribution < 1.29 is 5.21 Å². The van der Waals surface area contributed by atoms with Crippen molar-refractivity contribution >= 4 is 5.84 Å². The van der Waals surface area contributed by atoms with Crippen LogP contribution in [-0.4, -0.2) is 35.6 Å². The van der Waals surface area contributed by atoms with E-state index in [1.165, 1.54) is 19.3 Å². The Kier molecular flexibility index (Phi) is 4.88. The van der Waals surface area contributed by atoms with E-state index in [9.17, 15) is 0 Å². The number of amidine groups is 1. The summed E-state index contributed by atoms with van der Waals surface area (Å²) in [6, 6.07) is 0.404. The summed E-state index contributed by atoms with van der Waals surface area (Å²) >= 11 is 0. The highest BCUT2D eigenvalue weighted by Crippen LogP contribution is 2.27. The Hall–Kier alpha value is -0.770. The van der Waals surface area contributed by atoms with Gasteiger partial charge in [-0.1, -0.05) is 18.5 Å². The average molecular weight is 213 g/mol. The minimum Gasteiger partial charge on any atom is -0.409 e. The van der Waals surface area contributed by atoms with Crippen LogP contribution in [0.3, 0.4) is 0 Å². The van der Waals surface area contributed by atoms with Crippen molar-refractivity contribution in [2.75, 3.05) is 13.6 Å². The van der Waals surface area contributed by atoms with Crippen LogP contribution >= 0.6 is 0 Å². The molecule has 0 aromatic rings. The van der Waals surface area contributed by atoms with Crippen LogP contribution in [0.15, 0.2) is 5.16 Å². The fourth-order valence-electron chi connectivity index (χ4n) is 2.13. The van der Waals surface area contributed by atoms with Gasteiger partial charge < -0.3 is 15.8 Å². The normalized spacial score (nSPS) is 20.3. The molecule has 0 aromatic carbocycles. The number of hydrogen-bond acceptors (Lipinski definition) is 3. The molecule has 0 spiro atoms. The van der Waals surface area contributed by atoms with Gasteiger partial charge in [-0.25, -0.2) is 0 Å². The maximum Gasteiger partial charge on any atom is 0.140 e. The van der Waals surface area contributed by atoms with E-state index in [0.717, 1.165) is 18.9 Å². The molecule has 4 heteroatoms. The first kappa shape index (κ1) is 12.3. The van der Waals surface area contributed by atoms with Crippen LogP contribution < -0.4 is 5.73 Å². The molecule has 88 valence electrons. The molecule has 3 N–H and O–H groups in total. The maximum atomic E-state index is 8.54. The average Bonchev–Trinajstić information content (AvgIpc) is 2.19. The van der Waals surface area contributed by atoms with E-state index in [1.807, 2.05) is 0 Å². The highest BCUT2D eigenvalue weighted by molar-refractivity contribution is 5.80. The van der Waals surface area contributed by atoms with E-state index >= 15 is 0 Å². The molecule has 0 radical (unpaired) electrons. The van der Waals surface area contributed by atoms with Gasteiger partial charge in [-0.15, -0.1) is 0 Å². The van der Waals surface area contributed by atoms with Gasteiger partial charge in [-0.05, 0) is 32.2 Å². The summed E-state index contributed by atoms with van der Waals surface area (Å²) in [6.45, 7) is 3.30. The van der Waals surface area contributed by atoms with Gasteiger partial charge in [0.1, 0.15) is 5.84 Å². The van der Waals surface area contributed by atoms with E-state index in [2.05, 4.69) is 24.0 Å². The minimum atomic E-state index is 0.335. The van der Waals surface area contributed by atoms with Gasteiger partial charge in [0, 0.05) is 19.0 Å². The molecule has 0 heterocycles. The number of rotatable bonds is 6. The molecule has 0 amide bonds. The van der Waals surface area contributed by atoms with Crippen LogP contribution in [0.4, 0.5) is 0 Å². The Labute approximate surface area is 92.1 Å². The SMILES string of the molecule is CCC(CC(N)=NO)N(C)CC1CCC1. The van der Waals surface area contributed by atoms with Gasteiger partial charge in [-0.2, -0.15) is 0 Å². The van der Waals surface area contributed by atoms with E-state index < -0.39 is 0 Å². The third kappa shape index (κ3) is 3.70. The summed E-state index contributed by atoms with van der Waals surface area (Å²) in [5.74, 6) is 1.21. The predicted molar refractivity (Wildman–Crippen MR) is 62.1 cm³/mol. The van der Waals surface area contributed by atoms with Gasteiger partial charge in [-0.3, -0.25) is 0 Å². The molecule has 1 aliphatic rings. The topological polar surface area (TPSA) is 61.9 Å². The molecule has 0 aromatic heterocycles. The minimum absolute atomic E-state index is 0.335. The Morgan fingerprint density at radius 2 is 2.27 bits per heavy atom. The number of oxime groups is 1. The largest absolute Gasteiger partial charge is 0.409 e. The lowest BCUT2D eigenvalue weighted by Gasteiger charge is -2.34.